The Morgan fingerprint density at radius 3 is 1.23 bits per heavy atom. The highest BCUT2D eigenvalue weighted by molar-refractivity contribution is 5.94. The molecule has 0 unspecified atom stereocenters. The molecule has 1 aliphatic rings. The van der Waals surface area contributed by atoms with E-state index in [9.17, 15) is 9.59 Å². The van der Waals surface area contributed by atoms with Crippen LogP contribution in [0.15, 0.2) is 36.4 Å². The molecule has 0 aromatic heterocycles. The molecule has 1 aliphatic heterocycles. The van der Waals surface area contributed by atoms with Crippen molar-refractivity contribution in [1.29, 1.82) is 0 Å². The number of amides is 2. The van der Waals surface area contributed by atoms with Crippen molar-refractivity contribution in [1.82, 2.24) is 21.6 Å². The summed E-state index contributed by atoms with van der Waals surface area (Å²) in [5, 5.41) is 24.3. The molecular formula is C18H20N4O4. The topological polar surface area (TPSA) is 123 Å². The van der Waals surface area contributed by atoms with Gasteiger partial charge in [0.2, 0.25) is 0 Å². The first kappa shape index (κ1) is 18.0. The minimum atomic E-state index is -0.551. The van der Waals surface area contributed by atoms with Crippen LogP contribution in [-0.2, 0) is 26.2 Å². The highest BCUT2D eigenvalue weighted by Crippen LogP contribution is 2.15. The number of hydroxylamine groups is 2. The van der Waals surface area contributed by atoms with Gasteiger partial charge in [-0.3, -0.25) is 20.0 Å². The Morgan fingerprint density at radius 1 is 0.654 bits per heavy atom. The van der Waals surface area contributed by atoms with Crippen LogP contribution in [0.1, 0.15) is 43.0 Å². The molecule has 0 spiro atoms. The Morgan fingerprint density at radius 2 is 0.962 bits per heavy atom. The van der Waals surface area contributed by atoms with Crippen LogP contribution < -0.4 is 21.6 Å². The molecule has 0 aliphatic carbocycles. The predicted octanol–water partition coefficient (Wildman–Crippen LogP) is 0.818. The van der Waals surface area contributed by atoms with E-state index in [-0.39, 0.29) is 0 Å². The fourth-order valence-corrected chi connectivity index (χ4v) is 3.03. The lowest BCUT2D eigenvalue weighted by atomic mass is 10.0. The minimum Gasteiger partial charge on any atom is -0.309 e. The van der Waals surface area contributed by atoms with Gasteiger partial charge in [0.1, 0.15) is 0 Å². The lowest BCUT2D eigenvalue weighted by Gasteiger charge is -2.15. The van der Waals surface area contributed by atoms with E-state index in [0.29, 0.717) is 37.3 Å². The quantitative estimate of drug-likeness (QED) is 0.350. The third-order valence-corrected chi connectivity index (χ3v) is 4.15. The summed E-state index contributed by atoms with van der Waals surface area (Å²) in [6.45, 7) is 2.08. The smallest absolute Gasteiger partial charge is 0.274 e. The first-order valence-electron chi connectivity index (χ1n) is 8.15. The number of rotatable bonds is 2. The maximum Gasteiger partial charge on any atom is 0.274 e. The molecule has 26 heavy (non-hydrogen) atoms. The Kier molecular flexibility index (Phi) is 5.59. The van der Waals surface area contributed by atoms with Crippen LogP contribution in [0.2, 0.25) is 0 Å². The van der Waals surface area contributed by atoms with Gasteiger partial charge in [-0.05, 0) is 46.5 Å². The lowest BCUT2D eigenvalue weighted by Crippen LogP contribution is -2.22. The zero-order valence-electron chi connectivity index (χ0n) is 14.0. The highest BCUT2D eigenvalue weighted by Gasteiger charge is 2.11. The van der Waals surface area contributed by atoms with Crippen molar-refractivity contribution in [3.63, 3.8) is 0 Å². The zero-order chi connectivity index (χ0) is 18.5. The molecule has 0 fully saturated rings. The second kappa shape index (κ2) is 8.07. The van der Waals surface area contributed by atoms with Crippen molar-refractivity contribution in [2.45, 2.75) is 26.2 Å². The highest BCUT2D eigenvalue weighted by atomic mass is 16.5. The van der Waals surface area contributed by atoms with E-state index >= 15 is 0 Å². The molecule has 0 saturated heterocycles. The maximum absolute atomic E-state index is 11.7. The molecule has 2 aromatic rings. The largest absolute Gasteiger partial charge is 0.309 e. The average Bonchev–Trinajstić information content (AvgIpc) is 2.65. The lowest BCUT2D eigenvalue weighted by molar-refractivity contribution is 0.0702. The SMILES string of the molecule is O=C(NO)c1cc2cc(c1)CNCc1cc(cc(C(=O)NO)c1)CNC2. The molecule has 1 heterocycles. The van der Waals surface area contributed by atoms with Gasteiger partial charge in [0, 0.05) is 37.3 Å². The molecule has 8 heteroatoms. The van der Waals surface area contributed by atoms with E-state index in [1.165, 1.54) is 0 Å². The average molecular weight is 356 g/mol. The predicted molar refractivity (Wildman–Crippen MR) is 92.5 cm³/mol. The van der Waals surface area contributed by atoms with Gasteiger partial charge in [-0.2, -0.15) is 0 Å². The van der Waals surface area contributed by atoms with Crippen LogP contribution >= 0.6 is 0 Å². The number of nitrogens with one attached hydrogen (secondary N) is 4. The van der Waals surface area contributed by atoms with Gasteiger partial charge in [0.05, 0.1) is 0 Å². The van der Waals surface area contributed by atoms with E-state index in [2.05, 4.69) is 10.6 Å². The van der Waals surface area contributed by atoms with Gasteiger partial charge >= 0.3 is 0 Å². The summed E-state index contributed by atoms with van der Waals surface area (Å²) in [5.74, 6) is -1.10. The van der Waals surface area contributed by atoms with Crippen molar-refractivity contribution in [2.24, 2.45) is 0 Å². The molecule has 136 valence electrons. The van der Waals surface area contributed by atoms with Gasteiger partial charge in [-0.1, -0.05) is 12.1 Å². The van der Waals surface area contributed by atoms with Crippen LogP contribution in [0.5, 0.6) is 0 Å². The van der Waals surface area contributed by atoms with Crippen molar-refractivity contribution in [3.8, 4) is 0 Å². The molecule has 0 atom stereocenters. The molecule has 8 nitrogen and oxygen atoms in total. The van der Waals surface area contributed by atoms with E-state index in [1.54, 1.807) is 35.2 Å². The summed E-state index contributed by atoms with van der Waals surface area (Å²) in [7, 11) is 0. The fourth-order valence-electron chi connectivity index (χ4n) is 3.03. The van der Waals surface area contributed by atoms with Crippen molar-refractivity contribution >= 4 is 11.8 Å². The summed E-state index contributed by atoms with van der Waals surface area (Å²) < 4.78 is 0. The zero-order valence-corrected chi connectivity index (χ0v) is 14.0. The van der Waals surface area contributed by atoms with Crippen LogP contribution in [0.3, 0.4) is 0 Å². The molecule has 4 bridgehead atoms. The first-order valence-corrected chi connectivity index (χ1v) is 8.15. The molecule has 0 radical (unpaired) electrons. The van der Waals surface area contributed by atoms with Crippen LogP contribution in [0, 0.1) is 0 Å². The number of carbonyl (C=O) groups is 2. The molecule has 2 amide bonds. The van der Waals surface area contributed by atoms with Gasteiger partial charge < -0.3 is 10.6 Å². The van der Waals surface area contributed by atoms with Gasteiger partial charge in [0.25, 0.3) is 11.8 Å². The number of benzene rings is 2. The summed E-state index contributed by atoms with van der Waals surface area (Å²) in [4.78, 5) is 23.5. The Hall–Kier alpha value is -2.78. The summed E-state index contributed by atoms with van der Waals surface area (Å²) in [6, 6.07) is 10.9. The van der Waals surface area contributed by atoms with E-state index in [4.69, 9.17) is 10.4 Å². The molecule has 0 saturated carbocycles. The third kappa shape index (κ3) is 4.24. The molecular weight excluding hydrogens is 336 g/mol. The minimum absolute atomic E-state index is 0.390. The van der Waals surface area contributed by atoms with Crippen molar-refractivity contribution in [2.75, 3.05) is 0 Å². The van der Waals surface area contributed by atoms with E-state index in [1.807, 2.05) is 12.1 Å². The Bertz CT molecular complexity index is 724. The second-order valence-corrected chi connectivity index (χ2v) is 6.17. The van der Waals surface area contributed by atoms with Crippen molar-refractivity contribution in [3.05, 3.63) is 69.8 Å². The summed E-state index contributed by atoms with van der Waals surface area (Å²) >= 11 is 0. The van der Waals surface area contributed by atoms with Crippen LogP contribution in [-0.4, -0.2) is 22.2 Å². The van der Waals surface area contributed by atoms with Gasteiger partial charge in [-0.25, -0.2) is 11.0 Å². The molecule has 2 aromatic carbocycles. The monoisotopic (exact) mass is 356 g/mol. The Labute approximate surface area is 150 Å². The van der Waals surface area contributed by atoms with E-state index in [0.717, 1.165) is 22.3 Å². The normalized spacial score (nSPS) is 13.9. The number of hydrogen-bond donors (Lipinski definition) is 6. The standard InChI is InChI=1S/C18H20N4O4/c23-17(21-25)15-3-11-1-12(4-15)8-20-10-14-2-13(9-19-7-11)5-16(6-14)18(24)22-26/h1-6,19-20,25-26H,7-10H2,(H,21,23)(H,22,24). The summed E-state index contributed by atoms with van der Waals surface area (Å²) in [5.41, 5.74) is 7.74. The van der Waals surface area contributed by atoms with Crippen LogP contribution in [0.25, 0.3) is 0 Å². The fraction of sp³-hybridized carbons (Fsp3) is 0.222. The molecule has 3 rings (SSSR count). The second-order valence-electron chi connectivity index (χ2n) is 6.17. The van der Waals surface area contributed by atoms with Crippen molar-refractivity contribution < 1.29 is 20.0 Å². The number of hydrogen-bond acceptors (Lipinski definition) is 6. The van der Waals surface area contributed by atoms with Gasteiger partial charge in [-0.15, -0.1) is 0 Å². The Balaban J connectivity index is 1.88. The third-order valence-electron chi connectivity index (χ3n) is 4.15. The summed E-state index contributed by atoms with van der Waals surface area (Å²) in [6.07, 6.45) is 0. The first-order chi connectivity index (χ1) is 12.6. The van der Waals surface area contributed by atoms with Gasteiger partial charge in [0.15, 0.2) is 0 Å². The number of fused-ring (bicyclic) bond motifs is 4. The number of carbonyl (C=O) groups excluding carboxylic acids is 2. The van der Waals surface area contributed by atoms with E-state index < -0.39 is 11.8 Å². The molecule has 6 N–H and O–H groups in total. The van der Waals surface area contributed by atoms with Crippen LogP contribution in [0.4, 0.5) is 0 Å². The maximum atomic E-state index is 11.7.